The largest absolute Gasteiger partial charge is 0.482 e. The molecule has 4 aromatic rings. The first-order chi connectivity index (χ1) is 29.6. The van der Waals surface area contributed by atoms with Crippen LogP contribution < -0.4 is 19.3 Å². The van der Waals surface area contributed by atoms with Crippen molar-refractivity contribution in [3.63, 3.8) is 0 Å². The summed E-state index contributed by atoms with van der Waals surface area (Å²) in [6.45, 7) is 10.8. The van der Waals surface area contributed by atoms with E-state index in [-0.39, 0.29) is 51.1 Å². The number of carboxylic acids is 1. The van der Waals surface area contributed by atoms with Crippen molar-refractivity contribution in [3.8, 4) is 11.5 Å². The molecule has 12 nitrogen and oxygen atoms in total. The number of ether oxygens (including phenoxy) is 3. The van der Waals surface area contributed by atoms with Crippen LogP contribution in [-0.4, -0.2) is 78.3 Å². The van der Waals surface area contributed by atoms with Crippen LogP contribution in [0.1, 0.15) is 86.0 Å². The smallest absolute Gasteiger partial charge is 0.344 e. The van der Waals surface area contributed by atoms with Crippen LogP contribution in [0.15, 0.2) is 107 Å². The number of para-hydroxylation sites is 2. The summed E-state index contributed by atoms with van der Waals surface area (Å²) < 4.78 is 70.0. The summed E-state index contributed by atoms with van der Waals surface area (Å²) in [6.07, 6.45) is 7.19. The standard InChI is InChI=1S/C25H33NO5S.C23H29NO5S/c1-4-7-15-25(5-2)18-26(20-11-9-8-10-12-20)22-14-13-21(31-17-24(27)30-6-3)16-23(22)32(28,29)19-25;1-3-5-13-23(4-2)16-24(18-9-7-6-8-10-18)20-12-11-19(29-15-22(25)26)14-21(20)30(27,28)17-23/h8-14,16H,4-7,15,17-19H2,1-3H3;6-12,14H,3-5,13,15-17H2,1-2H3,(H,25,26). The molecular formula is C48H62N2O10S2. The van der Waals surface area contributed by atoms with Crippen molar-refractivity contribution in [2.75, 3.05) is 54.2 Å². The minimum atomic E-state index is -3.60. The van der Waals surface area contributed by atoms with Crippen molar-refractivity contribution >= 4 is 54.4 Å². The maximum Gasteiger partial charge on any atom is 0.344 e. The lowest BCUT2D eigenvalue weighted by Gasteiger charge is -2.36. The van der Waals surface area contributed by atoms with E-state index >= 15 is 0 Å². The second-order valence-electron chi connectivity index (χ2n) is 16.3. The minimum Gasteiger partial charge on any atom is -0.482 e. The Labute approximate surface area is 368 Å². The van der Waals surface area contributed by atoms with Crippen LogP contribution in [0.2, 0.25) is 0 Å². The molecule has 1 N–H and O–H groups in total. The Morgan fingerprint density at radius 2 is 1.03 bits per heavy atom. The highest BCUT2D eigenvalue weighted by atomic mass is 32.2. The molecule has 336 valence electrons. The number of carbonyl (C=O) groups is 2. The van der Waals surface area contributed by atoms with Gasteiger partial charge in [-0.2, -0.15) is 0 Å². The molecule has 0 radical (unpaired) electrons. The molecule has 0 bridgehead atoms. The summed E-state index contributed by atoms with van der Waals surface area (Å²) in [7, 11) is -7.18. The number of anilines is 4. The fraction of sp³-hybridized carbons (Fsp3) is 0.458. The number of benzene rings is 4. The predicted molar refractivity (Wildman–Crippen MR) is 244 cm³/mol. The average Bonchev–Trinajstić information content (AvgIpc) is 3.44. The topological polar surface area (TPSA) is 157 Å². The quantitative estimate of drug-likeness (QED) is 0.100. The van der Waals surface area contributed by atoms with Crippen molar-refractivity contribution in [1.29, 1.82) is 0 Å². The zero-order valence-corrected chi connectivity index (χ0v) is 38.3. The lowest BCUT2D eigenvalue weighted by atomic mass is 9.81. The molecule has 0 spiro atoms. The number of carbonyl (C=O) groups excluding carboxylic acids is 1. The number of hydrogen-bond donors (Lipinski definition) is 1. The normalized spacial score (nSPS) is 20.0. The van der Waals surface area contributed by atoms with E-state index in [9.17, 15) is 26.4 Å². The van der Waals surface area contributed by atoms with Crippen LogP contribution in [0.25, 0.3) is 0 Å². The Bertz CT molecular complexity index is 2340. The van der Waals surface area contributed by atoms with Gasteiger partial charge in [0, 0.05) is 47.4 Å². The summed E-state index contributed by atoms with van der Waals surface area (Å²) in [5, 5.41) is 8.88. The third-order valence-corrected chi connectivity index (χ3v) is 15.9. The minimum absolute atomic E-state index is 0.0647. The van der Waals surface area contributed by atoms with Gasteiger partial charge in [0.25, 0.3) is 0 Å². The summed E-state index contributed by atoms with van der Waals surface area (Å²) in [6, 6.07) is 29.6. The number of nitrogens with zero attached hydrogens (tertiary/aromatic N) is 2. The van der Waals surface area contributed by atoms with Crippen molar-refractivity contribution < 1.29 is 45.7 Å². The molecule has 2 aliphatic heterocycles. The molecule has 2 atom stereocenters. The maximum absolute atomic E-state index is 13.6. The first-order valence-corrected chi connectivity index (χ1v) is 25.0. The number of esters is 1. The predicted octanol–water partition coefficient (Wildman–Crippen LogP) is 9.80. The van der Waals surface area contributed by atoms with E-state index in [1.165, 1.54) is 6.07 Å². The zero-order valence-electron chi connectivity index (χ0n) is 36.7. The van der Waals surface area contributed by atoms with E-state index < -0.39 is 38.2 Å². The van der Waals surface area contributed by atoms with E-state index in [1.807, 2.05) is 60.7 Å². The first kappa shape index (κ1) is 48.0. The van der Waals surface area contributed by atoms with Crippen LogP contribution in [0.3, 0.4) is 0 Å². The Morgan fingerprint density at radius 3 is 1.40 bits per heavy atom. The van der Waals surface area contributed by atoms with Crippen LogP contribution in [0, 0.1) is 10.8 Å². The van der Waals surface area contributed by atoms with Gasteiger partial charge in [-0.15, -0.1) is 0 Å². The highest BCUT2D eigenvalue weighted by Crippen LogP contribution is 2.46. The zero-order chi connectivity index (χ0) is 45.0. The lowest BCUT2D eigenvalue weighted by Crippen LogP contribution is -2.37. The van der Waals surface area contributed by atoms with Gasteiger partial charge in [0.2, 0.25) is 0 Å². The van der Waals surface area contributed by atoms with Crippen LogP contribution in [0.5, 0.6) is 11.5 Å². The Morgan fingerprint density at radius 1 is 0.613 bits per heavy atom. The fourth-order valence-electron chi connectivity index (χ4n) is 8.36. The number of rotatable bonds is 17. The highest BCUT2D eigenvalue weighted by molar-refractivity contribution is 7.92. The first-order valence-electron chi connectivity index (χ1n) is 21.7. The van der Waals surface area contributed by atoms with Gasteiger partial charge in [-0.25, -0.2) is 26.4 Å². The van der Waals surface area contributed by atoms with E-state index in [0.717, 1.165) is 62.7 Å². The van der Waals surface area contributed by atoms with Gasteiger partial charge >= 0.3 is 11.9 Å². The third-order valence-electron chi connectivity index (χ3n) is 11.9. The monoisotopic (exact) mass is 890 g/mol. The molecule has 0 saturated heterocycles. The fourth-order valence-corrected chi connectivity index (χ4v) is 12.7. The maximum atomic E-state index is 13.6. The number of carboxylic acid groups (broad SMARTS) is 1. The molecule has 4 aromatic carbocycles. The number of unbranched alkanes of at least 4 members (excludes halogenated alkanes) is 2. The third kappa shape index (κ3) is 11.9. The van der Waals surface area contributed by atoms with Gasteiger partial charge in [-0.05, 0) is 81.1 Å². The average molecular weight is 891 g/mol. The van der Waals surface area contributed by atoms with E-state index in [2.05, 4.69) is 37.5 Å². The van der Waals surface area contributed by atoms with Gasteiger partial charge in [0.1, 0.15) is 11.5 Å². The molecule has 2 unspecified atom stereocenters. The summed E-state index contributed by atoms with van der Waals surface area (Å²) in [5.41, 5.74) is 2.42. The van der Waals surface area contributed by atoms with Crippen LogP contribution in [-0.2, 0) is 34.0 Å². The van der Waals surface area contributed by atoms with E-state index in [0.29, 0.717) is 30.2 Å². The van der Waals surface area contributed by atoms with Crippen LogP contribution >= 0.6 is 0 Å². The SMILES string of the molecule is CCCCC1(CC)CN(c2ccccc2)c2ccc(OCC(=O)O)cc2S(=O)(=O)C1.CCCCC1(CC)CN(c2ccccc2)c2ccc(OCC(=O)OCC)cc2S(=O)(=O)C1. The van der Waals surface area contributed by atoms with Crippen molar-refractivity contribution in [2.24, 2.45) is 10.8 Å². The molecule has 0 fully saturated rings. The number of sulfone groups is 2. The van der Waals surface area contributed by atoms with E-state index in [4.69, 9.17) is 19.3 Å². The molecule has 0 saturated carbocycles. The Hall–Kier alpha value is -5.08. The van der Waals surface area contributed by atoms with Crippen molar-refractivity contribution in [1.82, 2.24) is 0 Å². The molecule has 2 aliphatic rings. The molecule has 62 heavy (non-hydrogen) atoms. The van der Waals surface area contributed by atoms with Gasteiger partial charge in [-0.1, -0.05) is 89.8 Å². The van der Waals surface area contributed by atoms with Crippen molar-refractivity contribution in [3.05, 3.63) is 97.1 Å². The summed E-state index contributed by atoms with van der Waals surface area (Å²) in [4.78, 5) is 27.2. The number of fused-ring (bicyclic) bond motifs is 2. The Kier molecular flexibility index (Phi) is 16.5. The van der Waals surface area contributed by atoms with Gasteiger partial charge in [-0.3, -0.25) is 0 Å². The van der Waals surface area contributed by atoms with E-state index in [1.54, 1.807) is 37.3 Å². The molecule has 2 heterocycles. The number of aliphatic carboxylic acids is 1. The summed E-state index contributed by atoms with van der Waals surface area (Å²) >= 11 is 0. The van der Waals surface area contributed by atoms with Gasteiger partial charge in [0.05, 0.1) is 39.3 Å². The van der Waals surface area contributed by atoms with Crippen LogP contribution in [0.4, 0.5) is 22.7 Å². The second-order valence-corrected chi connectivity index (χ2v) is 20.2. The Balaban J connectivity index is 0.000000235. The lowest BCUT2D eigenvalue weighted by molar-refractivity contribution is -0.145. The van der Waals surface area contributed by atoms with Gasteiger partial charge < -0.3 is 29.1 Å². The molecule has 6 rings (SSSR count). The van der Waals surface area contributed by atoms with Crippen molar-refractivity contribution in [2.45, 2.75) is 95.8 Å². The summed E-state index contributed by atoms with van der Waals surface area (Å²) in [5.74, 6) is -0.857. The molecule has 14 heteroatoms. The number of hydrogen-bond acceptors (Lipinski definition) is 11. The molecular weight excluding hydrogens is 829 g/mol. The highest BCUT2D eigenvalue weighted by Gasteiger charge is 2.43. The molecule has 0 aromatic heterocycles. The molecule has 0 aliphatic carbocycles. The molecule has 0 amide bonds. The van der Waals surface area contributed by atoms with Gasteiger partial charge in [0.15, 0.2) is 32.9 Å². The second kappa shape index (κ2) is 21.3.